The molecule has 0 aromatic heterocycles. The Morgan fingerprint density at radius 2 is 2.36 bits per heavy atom. The summed E-state index contributed by atoms with van der Waals surface area (Å²) in [5.74, 6) is 5.59. The maximum Gasteiger partial charge on any atom is 0.0715 e. The highest BCUT2D eigenvalue weighted by atomic mass is 15.9. The van der Waals surface area contributed by atoms with Crippen LogP contribution in [0.2, 0.25) is 0 Å². The van der Waals surface area contributed by atoms with Crippen LogP contribution in [0, 0.1) is 0 Å². The van der Waals surface area contributed by atoms with Crippen molar-refractivity contribution < 1.29 is 0 Å². The van der Waals surface area contributed by atoms with Gasteiger partial charge in [0.15, 0.2) is 0 Å². The molecule has 0 aromatic carbocycles. The Kier molecular flexibility index (Phi) is 1.81. The molecule has 3 N–H and O–H groups in total. The minimum absolute atomic E-state index is 0.833. The van der Waals surface area contributed by atoms with E-state index in [2.05, 4.69) is 16.6 Å². The summed E-state index contributed by atoms with van der Waals surface area (Å²) in [6, 6.07) is 0. The van der Waals surface area contributed by atoms with Crippen LogP contribution in [0.3, 0.4) is 0 Å². The van der Waals surface area contributed by atoms with Crippen LogP contribution in [-0.2, 0) is 0 Å². The third kappa shape index (κ3) is 1.38. The predicted octanol–water partition coefficient (Wildman–Crippen LogP) is -0.0349. The lowest BCUT2D eigenvalue weighted by molar-refractivity contribution is 0.130. The summed E-state index contributed by atoms with van der Waals surface area (Å²) in [5, 5.41) is 3.75. The number of rotatable bonds is 0. The van der Waals surface area contributed by atoms with Crippen LogP contribution < -0.4 is 11.4 Å². The number of nitrogens with zero attached hydrogens (tertiary/aromatic N) is 2. The molecule has 2 rings (SSSR count). The van der Waals surface area contributed by atoms with Crippen molar-refractivity contribution in [3.8, 4) is 0 Å². The van der Waals surface area contributed by atoms with Crippen molar-refractivity contribution in [2.24, 2.45) is 5.84 Å². The summed E-state index contributed by atoms with van der Waals surface area (Å²) in [6.07, 6.45) is 6.02. The van der Waals surface area contributed by atoms with Crippen molar-refractivity contribution >= 4 is 0 Å². The fourth-order valence-corrected chi connectivity index (χ4v) is 1.57. The van der Waals surface area contributed by atoms with Crippen molar-refractivity contribution in [1.29, 1.82) is 0 Å². The van der Waals surface area contributed by atoms with Crippen molar-refractivity contribution in [1.82, 2.24) is 15.7 Å². The molecule has 11 heavy (non-hydrogen) atoms. The Bertz CT molecular complexity index is 177. The van der Waals surface area contributed by atoms with Crippen LogP contribution in [0.15, 0.2) is 11.8 Å². The molecule has 4 nitrogen and oxygen atoms in total. The Balaban J connectivity index is 2.10. The number of hydrogen-bond acceptors (Lipinski definition) is 4. The van der Waals surface area contributed by atoms with Gasteiger partial charge >= 0.3 is 0 Å². The zero-order valence-corrected chi connectivity index (χ0v) is 6.58. The van der Waals surface area contributed by atoms with E-state index in [4.69, 9.17) is 5.84 Å². The maximum atomic E-state index is 5.59. The average Bonchev–Trinajstić information content (AvgIpc) is 2.17. The molecule has 62 valence electrons. The van der Waals surface area contributed by atoms with Crippen LogP contribution in [0.1, 0.15) is 19.3 Å². The second-order valence-corrected chi connectivity index (χ2v) is 3.07. The first-order chi connectivity index (χ1) is 5.36. The van der Waals surface area contributed by atoms with Gasteiger partial charge in [-0.3, -0.25) is 10.9 Å². The molecule has 1 saturated heterocycles. The Labute approximate surface area is 66.5 Å². The average molecular weight is 154 g/mol. The first kappa shape index (κ1) is 7.09. The summed E-state index contributed by atoms with van der Waals surface area (Å²) in [7, 11) is 0. The molecule has 0 aromatic rings. The van der Waals surface area contributed by atoms with Gasteiger partial charge in [0.05, 0.1) is 6.54 Å². The van der Waals surface area contributed by atoms with E-state index in [-0.39, 0.29) is 0 Å². The number of fused-ring (bicyclic) bond motifs is 1. The fourth-order valence-electron chi connectivity index (χ4n) is 1.57. The molecule has 2 aliphatic rings. The molecule has 2 aliphatic heterocycles. The van der Waals surface area contributed by atoms with Crippen LogP contribution in [-0.4, -0.2) is 23.2 Å². The smallest absolute Gasteiger partial charge is 0.0715 e. The van der Waals surface area contributed by atoms with Gasteiger partial charge in [0, 0.05) is 12.2 Å². The van der Waals surface area contributed by atoms with Crippen molar-refractivity contribution in [3.63, 3.8) is 0 Å². The molecular weight excluding hydrogens is 140 g/mol. The quantitative estimate of drug-likeness (QED) is 0.481. The minimum atomic E-state index is 0.833. The van der Waals surface area contributed by atoms with Crippen LogP contribution in [0.4, 0.5) is 0 Å². The molecule has 2 heterocycles. The Morgan fingerprint density at radius 3 is 3.27 bits per heavy atom. The van der Waals surface area contributed by atoms with E-state index in [1.807, 2.05) is 0 Å². The summed E-state index contributed by atoms with van der Waals surface area (Å²) in [5.41, 5.74) is 4.40. The molecule has 0 amide bonds. The standard InChI is InChI=1S/C7H14N4/c8-11-6-7-4-2-1-3-5-10(7)9-11/h4,9H,1-3,5-6,8H2. The molecular formula is C7H14N4. The van der Waals surface area contributed by atoms with Gasteiger partial charge in [-0.25, -0.2) is 0 Å². The fraction of sp³-hybridized carbons (Fsp3) is 0.714. The van der Waals surface area contributed by atoms with Crippen LogP contribution in [0.5, 0.6) is 0 Å². The third-order valence-electron chi connectivity index (χ3n) is 2.14. The van der Waals surface area contributed by atoms with Crippen molar-refractivity contribution in [2.45, 2.75) is 19.3 Å². The molecule has 1 fully saturated rings. The van der Waals surface area contributed by atoms with Gasteiger partial charge in [-0.15, -0.1) is 0 Å². The van der Waals surface area contributed by atoms with Crippen LogP contribution in [0.25, 0.3) is 0 Å². The lowest BCUT2D eigenvalue weighted by Crippen LogP contribution is -2.43. The highest BCUT2D eigenvalue weighted by molar-refractivity contribution is 5.06. The Morgan fingerprint density at radius 1 is 1.45 bits per heavy atom. The molecule has 0 aliphatic carbocycles. The highest BCUT2D eigenvalue weighted by Gasteiger charge is 2.21. The van der Waals surface area contributed by atoms with Gasteiger partial charge in [-0.1, -0.05) is 6.08 Å². The first-order valence-electron chi connectivity index (χ1n) is 4.11. The third-order valence-corrected chi connectivity index (χ3v) is 2.14. The van der Waals surface area contributed by atoms with E-state index in [9.17, 15) is 0 Å². The number of hydrazine groups is 3. The summed E-state index contributed by atoms with van der Waals surface area (Å²) in [4.78, 5) is 0. The summed E-state index contributed by atoms with van der Waals surface area (Å²) >= 11 is 0. The van der Waals surface area contributed by atoms with Crippen molar-refractivity contribution in [3.05, 3.63) is 11.8 Å². The lowest BCUT2D eigenvalue weighted by Gasteiger charge is -2.17. The second-order valence-electron chi connectivity index (χ2n) is 3.07. The number of nitrogens with two attached hydrogens (primary N) is 1. The summed E-state index contributed by atoms with van der Waals surface area (Å²) in [6.45, 7) is 1.92. The van der Waals surface area contributed by atoms with Gasteiger partial charge in [0.25, 0.3) is 0 Å². The van der Waals surface area contributed by atoms with E-state index < -0.39 is 0 Å². The largest absolute Gasteiger partial charge is 0.297 e. The summed E-state index contributed by atoms with van der Waals surface area (Å²) < 4.78 is 0. The van der Waals surface area contributed by atoms with E-state index in [0.29, 0.717) is 0 Å². The first-order valence-corrected chi connectivity index (χ1v) is 4.11. The normalized spacial score (nSPS) is 26.3. The monoisotopic (exact) mass is 154 g/mol. The predicted molar refractivity (Wildman–Crippen MR) is 42.7 cm³/mol. The van der Waals surface area contributed by atoms with E-state index in [1.165, 1.54) is 25.0 Å². The minimum Gasteiger partial charge on any atom is -0.297 e. The molecule has 4 heteroatoms. The molecule has 0 atom stereocenters. The van der Waals surface area contributed by atoms with Gasteiger partial charge in [0.2, 0.25) is 0 Å². The number of hydrogen-bond donors (Lipinski definition) is 2. The molecule has 0 saturated carbocycles. The molecule has 0 bridgehead atoms. The topological polar surface area (TPSA) is 44.5 Å². The lowest BCUT2D eigenvalue weighted by atomic mass is 10.2. The maximum absolute atomic E-state index is 5.59. The van der Waals surface area contributed by atoms with Crippen LogP contribution >= 0.6 is 0 Å². The van der Waals surface area contributed by atoms with Crippen molar-refractivity contribution in [2.75, 3.05) is 13.1 Å². The zero-order valence-electron chi connectivity index (χ0n) is 6.58. The van der Waals surface area contributed by atoms with E-state index in [1.54, 1.807) is 5.12 Å². The number of nitrogens with one attached hydrogen (secondary N) is 1. The molecule has 0 unspecified atom stereocenters. The SMILES string of the molecule is NN1CC2=CCCCCN2N1. The zero-order chi connectivity index (χ0) is 7.68. The Hall–Kier alpha value is -0.580. The van der Waals surface area contributed by atoms with Gasteiger partial charge in [-0.05, 0) is 19.3 Å². The highest BCUT2D eigenvalue weighted by Crippen LogP contribution is 2.16. The number of allylic oxidation sites excluding steroid dienone is 1. The molecule has 0 radical (unpaired) electrons. The second kappa shape index (κ2) is 2.81. The van der Waals surface area contributed by atoms with Gasteiger partial charge in [0.1, 0.15) is 0 Å². The van der Waals surface area contributed by atoms with Gasteiger partial charge in [-0.2, -0.15) is 10.7 Å². The van der Waals surface area contributed by atoms with Gasteiger partial charge < -0.3 is 0 Å². The van der Waals surface area contributed by atoms with E-state index in [0.717, 1.165) is 13.1 Å². The molecule has 0 spiro atoms. The van der Waals surface area contributed by atoms with E-state index >= 15 is 0 Å².